The second kappa shape index (κ2) is 18.8. The van der Waals surface area contributed by atoms with E-state index in [4.69, 9.17) is 17.7 Å². The fourth-order valence-corrected chi connectivity index (χ4v) is 11.5. The van der Waals surface area contributed by atoms with Gasteiger partial charge >= 0.3 is 0 Å². The Morgan fingerprint density at radius 3 is 0.683 bits per heavy atom. The van der Waals surface area contributed by atoms with Gasteiger partial charge in [-0.15, -0.1) is 0 Å². The second-order valence-electron chi connectivity index (χ2n) is 19.8. The van der Waals surface area contributed by atoms with Crippen LogP contribution in [0.25, 0.3) is 0 Å². The quantitative estimate of drug-likeness (QED) is 0.145. The Balaban J connectivity index is 0.000000152. The van der Waals surface area contributed by atoms with Crippen LogP contribution in [0.5, 0.6) is 0 Å². The summed E-state index contributed by atoms with van der Waals surface area (Å²) in [7, 11) is 0. The van der Waals surface area contributed by atoms with Crippen molar-refractivity contribution in [3.05, 3.63) is 67.5 Å². The van der Waals surface area contributed by atoms with Crippen LogP contribution >= 0.6 is 47.0 Å². The predicted octanol–water partition coefficient (Wildman–Crippen LogP) is 13.3. The monoisotopic (exact) mass is 904 g/mol. The Hall–Kier alpha value is -1.64. The van der Waals surface area contributed by atoms with Gasteiger partial charge in [0.1, 0.15) is 23.0 Å². The van der Waals surface area contributed by atoms with E-state index >= 15 is 0 Å². The first kappa shape index (κ1) is 49.4. The molecule has 0 saturated heterocycles. The molecule has 0 bridgehead atoms. The first-order valence-corrected chi connectivity index (χ1v) is 26.2. The lowest BCUT2D eigenvalue weighted by Crippen LogP contribution is -2.27. The Kier molecular flexibility index (Phi) is 15.5. The van der Waals surface area contributed by atoms with E-state index in [0.29, 0.717) is 0 Å². The molecule has 4 aromatic rings. The van der Waals surface area contributed by atoms with E-state index < -0.39 is 0 Å². The number of aryl methyl sites for hydroxylation is 4. The number of thioether (sulfide) groups is 4. The number of aliphatic hydroxyl groups is 4. The zero-order valence-corrected chi connectivity index (χ0v) is 42.3. The van der Waals surface area contributed by atoms with Gasteiger partial charge in [0.05, 0.1) is 24.4 Å². The Morgan fingerprint density at radius 1 is 0.367 bits per heavy atom. The molecule has 60 heavy (non-hydrogen) atoms. The molecular formula is C48H72O8S4. The molecule has 0 unspecified atom stereocenters. The maximum absolute atomic E-state index is 10.3. The third-order valence-electron chi connectivity index (χ3n) is 13.7. The average Bonchev–Trinajstić information content (AvgIpc) is 3.91. The summed E-state index contributed by atoms with van der Waals surface area (Å²) in [5, 5.41) is 45.1. The molecule has 4 heterocycles. The molecule has 4 aliphatic carbocycles. The van der Waals surface area contributed by atoms with Gasteiger partial charge in [-0.25, -0.2) is 0 Å². The third kappa shape index (κ3) is 9.57. The number of furan rings is 4. The zero-order chi connectivity index (χ0) is 44.9. The molecule has 0 amide bonds. The first-order valence-electron chi connectivity index (χ1n) is 21.3. The molecule has 4 N–H and O–H groups in total. The lowest BCUT2D eigenvalue weighted by Gasteiger charge is -2.34. The average molecular weight is 905 g/mol. The Labute approximate surface area is 376 Å². The topological polar surface area (TPSA) is 133 Å². The molecule has 4 aromatic heterocycles. The SMILES string of the molecule is CSc1oc2c(c1C)[C@@H](O)C(C)(C)CC2.CSc1oc2c(c1C)[C@@H](O)C(C)(C)CC2.CSc1oc2c(c1C)[C@@H](O)C(C)(C)CC2.CSc1oc2c(c1C)[C@@H](O)C(C)(C)CC2. The van der Waals surface area contributed by atoms with Crippen LogP contribution in [0.4, 0.5) is 0 Å². The van der Waals surface area contributed by atoms with Crippen molar-refractivity contribution in [2.24, 2.45) is 21.7 Å². The minimum atomic E-state index is -0.383. The van der Waals surface area contributed by atoms with E-state index in [1.165, 1.54) is 0 Å². The Bertz CT molecular complexity index is 1810. The summed E-state index contributed by atoms with van der Waals surface area (Å²) in [4.78, 5) is 0. The second-order valence-corrected chi connectivity index (χ2v) is 22.9. The van der Waals surface area contributed by atoms with E-state index in [9.17, 15) is 20.4 Å². The Morgan fingerprint density at radius 2 is 0.533 bits per heavy atom. The summed E-state index contributed by atoms with van der Waals surface area (Å²) in [6.45, 7) is 25.1. The minimum Gasteiger partial charge on any atom is -0.454 e. The van der Waals surface area contributed by atoms with Crippen LogP contribution in [0, 0.1) is 49.4 Å². The van der Waals surface area contributed by atoms with Gasteiger partial charge in [-0.1, -0.05) is 102 Å². The van der Waals surface area contributed by atoms with E-state index in [-0.39, 0.29) is 46.1 Å². The molecule has 4 aliphatic rings. The normalized spacial score (nSPS) is 23.9. The number of hydrogen-bond acceptors (Lipinski definition) is 12. The molecule has 12 heteroatoms. The van der Waals surface area contributed by atoms with E-state index in [1.54, 1.807) is 47.0 Å². The van der Waals surface area contributed by atoms with Gasteiger partial charge in [-0.3, -0.25) is 0 Å². The molecule has 8 nitrogen and oxygen atoms in total. The van der Waals surface area contributed by atoms with Crippen molar-refractivity contribution in [2.45, 2.75) is 179 Å². The molecule has 8 rings (SSSR count). The summed E-state index contributed by atoms with van der Waals surface area (Å²) >= 11 is 6.45. The van der Waals surface area contributed by atoms with Crippen LogP contribution in [0.2, 0.25) is 0 Å². The highest BCUT2D eigenvalue weighted by molar-refractivity contribution is 7.99. The van der Waals surface area contributed by atoms with Crippen molar-refractivity contribution < 1.29 is 38.1 Å². The number of hydrogen-bond donors (Lipinski definition) is 4. The minimum absolute atomic E-state index is 0.0304. The zero-order valence-electron chi connectivity index (χ0n) is 39.0. The van der Waals surface area contributed by atoms with Crippen LogP contribution in [0.15, 0.2) is 38.0 Å². The summed E-state index contributed by atoms with van der Waals surface area (Å²) in [6.07, 6.45) is 14.2. The highest BCUT2D eigenvalue weighted by Gasteiger charge is 2.42. The lowest BCUT2D eigenvalue weighted by molar-refractivity contribution is 0.0302. The van der Waals surface area contributed by atoms with Crippen molar-refractivity contribution >= 4 is 47.0 Å². The summed E-state index contributed by atoms with van der Waals surface area (Å²) in [6, 6.07) is 0. The standard InChI is InChI=1S/4C12H18O2S/c4*1-7-9-8(14-11(7)15-4)5-6-12(2,3)10(9)13/h4*10,13H,5-6H2,1-4H3/t4*10-/m1111/s1. The number of fused-ring (bicyclic) bond motifs is 4. The molecule has 0 saturated carbocycles. The largest absolute Gasteiger partial charge is 0.454 e. The van der Waals surface area contributed by atoms with Crippen molar-refractivity contribution in [1.29, 1.82) is 0 Å². The van der Waals surface area contributed by atoms with Gasteiger partial charge in [0.2, 0.25) is 0 Å². The highest BCUT2D eigenvalue weighted by atomic mass is 32.2. The van der Waals surface area contributed by atoms with Gasteiger partial charge < -0.3 is 38.1 Å². The molecule has 0 spiro atoms. The smallest absolute Gasteiger partial charge is 0.163 e. The molecule has 0 aromatic carbocycles. The fraction of sp³-hybridized carbons (Fsp3) is 0.667. The van der Waals surface area contributed by atoms with Crippen LogP contribution in [0.3, 0.4) is 0 Å². The first-order chi connectivity index (χ1) is 27.9. The molecule has 0 aliphatic heterocycles. The molecule has 4 atom stereocenters. The molecule has 0 fully saturated rings. The summed E-state index contributed by atoms with van der Waals surface area (Å²) in [5.74, 6) is 3.96. The van der Waals surface area contributed by atoms with Gasteiger partial charge in [0, 0.05) is 70.2 Å². The molecule has 336 valence electrons. The van der Waals surface area contributed by atoms with Crippen molar-refractivity contribution in [1.82, 2.24) is 0 Å². The van der Waals surface area contributed by atoms with E-state index in [1.807, 2.05) is 52.7 Å². The highest BCUT2D eigenvalue weighted by Crippen LogP contribution is 2.51. The van der Waals surface area contributed by atoms with Crippen LogP contribution in [-0.4, -0.2) is 45.4 Å². The maximum atomic E-state index is 10.3. The van der Waals surface area contributed by atoms with Gasteiger partial charge in [-0.2, -0.15) is 0 Å². The van der Waals surface area contributed by atoms with Gasteiger partial charge in [0.15, 0.2) is 20.4 Å². The lowest BCUT2D eigenvalue weighted by atomic mass is 9.73. The van der Waals surface area contributed by atoms with Crippen LogP contribution in [-0.2, 0) is 25.7 Å². The summed E-state index contributed by atoms with van der Waals surface area (Å²) in [5.41, 5.74) is 8.52. The fourth-order valence-electron chi connectivity index (χ4n) is 9.05. The van der Waals surface area contributed by atoms with Crippen molar-refractivity contribution in [2.75, 3.05) is 25.0 Å². The predicted molar refractivity (Wildman–Crippen MR) is 249 cm³/mol. The number of rotatable bonds is 4. The van der Waals surface area contributed by atoms with Crippen molar-refractivity contribution in [3.8, 4) is 0 Å². The maximum Gasteiger partial charge on any atom is 0.163 e. The van der Waals surface area contributed by atoms with E-state index in [0.717, 1.165) is 139 Å². The molecular weight excluding hydrogens is 833 g/mol. The third-order valence-corrected chi connectivity index (χ3v) is 16.7. The van der Waals surface area contributed by atoms with Gasteiger partial charge in [-0.05, 0) is 100 Å². The summed E-state index contributed by atoms with van der Waals surface area (Å²) < 4.78 is 23.0. The number of aliphatic hydroxyl groups excluding tert-OH is 4. The van der Waals surface area contributed by atoms with Gasteiger partial charge in [0.25, 0.3) is 0 Å². The van der Waals surface area contributed by atoms with Crippen LogP contribution < -0.4 is 0 Å². The van der Waals surface area contributed by atoms with Crippen molar-refractivity contribution in [3.63, 3.8) is 0 Å². The molecule has 0 radical (unpaired) electrons. The van der Waals surface area contributed by atoms with Crippen LogP contribution in [0.1, 0.15) is 173 Å². The van der Waals surface area contributed by atoms with E-state index in [2.05, 4.69) is 55.4 Å².